The molecule has 0 aliphatic rings. The molecular formula is C19H18F2N4O2. The van der Waals surface area contributed by atoms with Gasteiger partial charge >= 0.3 is 0 Å². The summed E-state index contributed by atoms with van der Waals surface area (Å²) in [7, 11) is 0. The fraction of sp³-hybridized carbons (Fsp3) is 0.211. The number of H-pyrrole nitrogens is 1. The zero-order valence-electron chi connectivity index (χ0n) is 14.4. The van der Waals surface area contributed by atoms with Gasteiger partial charge in [0.2, 0.25) is 5.91 Å². The molecule has 0 fully saturated rings. The lowest BCUT2D eigenvalue weighted by atomic mass is 10.1. The Morgan fingerprint density at radius 3 is 2.52 bits per heavy atom. The highest BCUT2D eigenvalue weighted by atomic mass is 19.1. The first-order valence-electron chi connectivity index (χ1n) is 8.46. The van der Waals surface area contributed by atoms with Crippen LogP contribution in [-0.2, 0) is 11.2 Å². The van der Waals surface area contributed by atoms with Crippen LogP contribution in [-0.4, -0.2) is 35.1 Å². The van der Waals surface area contributed by atoms with Gasteiger partial charge in [0.1, 0.15) is 11.6 Å². The quantitative estimate of drug-likeness (QED) is 0.595. The molecule has 0 aliphatic carbocycles. The summed E-state index contributed by atoms with van der Waals surface area (Å²) in [4.78, 5) is 24.0. The number of hydrogen-bond acceptors (Lipinski definition) is 3. The van der Waals surface area contributed by atoms with Gasteiger partial charge in [-0.3, -0.25) is 14.7 Å². The highest BCUT2D eigenvalue weighted by Crippen LogP contribution is 2.14. The van der Waals surface area contributed by atoms with Crippen LogP contribution in [0.2, 0.25) is 0 Å². The molecule has 1 aromatic heterocycles. The van der Waals surface area contributed by atoms with Crippen molar-refractivity contribution >= 4 is 22.7 Å². The summed E-state index contributed by atoms with van der Waals surface area (Å²) in [6.07, 6.45) is 0.400. The number of aromatic nitrogens is 2. The molecule has 0 unspecified atom stereocenters. The first-order chi connectivity index (χ1) is 13.0. The van der Waals surface area contributed by atoms with Crippen molar-refractivity contribution in [1.29, 1.82) is 0 Å². The highest BCUT2D eigenvalue weighted by molar-refractivity contribution is 6.04. The van der Waals surface area contributed by atoms with Gasteiger partial charge in [0.05, 0.1) is 5.52 Å². The van der Waals surface area contributed by atoms with Gasteiger partial charge in [-0.2, -0.15) is 5.10 Å². The fourth-order valence-electron chi connectivity index (χ4n) is 2.70. The Balaban J connectivity index is 1.41. The van der Waals surface area contributed by atoms with Gasteiger partial charge < -0.3 is 10.6 Å². The normalized spacial score (nSPS) is 10.7. The average molecular weight is 372 g/mol. The van der Waals surface area contributed by atoms with E-state index in [1.165, 1.54) is 12.1 Å². The summed E-state index contributed by atoms with van der Waals surface area (Å²) in [5, 5.41) is 12.8. The van der Waals surface area contributed by atoms with Crippen LogP contribution in [0.4, 0.5) is 8.78 Å². The average Bonchev–Trinajstić information content (AvgIpc) is 3.05. The molecule has 0 atom stereocenters. The van der Waals surface area contributed by atoms with Crippen molar-refractivity contribution in [2.24, 2.45) is 0 Å². The third-order valence-corrected chi connectivity index (χ3v) is 3.98. The Morgan fingerprint density at radius 2 is 1.74 bits per heavy atom. The molecule has 3 N–H and O–H groups in total. The number of para-hydroxylation sites is 1. The second-order valence-electron chi connectivity index (χ2n) is 6.00. The number of rotatable bonds is 7. The number of carbonyl (C=O) groups is 2. The van der Waals surface area contributed by atoms with E-state index in [0.29, 0.717) is 17.4 Å². The molecule has 6 nitrogen and oxygen atoms in total. The number of benzene rings is 2. The first-order valence-corrected chi connectivity index (χ1v) is 8.46. The van der Waals surface area contributed by atoms with Crippen molar-refractivity contribution in [1.82, 2.24) is 20.8 Å². The summed E-state index contributed by atoms with van der Waals surface area (Å²) < 4.78 is 26.2. The van der Waals surface area contributed by atoms with E-state index in [1.807, 2.05) is 18.2 Å². The standard InChI is InChI=1S/C19H18F2N4O2/c20-13-9-12(10-14(21)11-13)5-7-22-17(26)6-8-23-19(27)18-15-3-1-2-4-16(15)24-25-18/h1-4,9-11H,5-8H2,(H,22,26)(H,23,27)(H,24,25). The molecule has 0 radical (unpaired) electrons. The van der Waals surface area contributed by atoms with Crippen LogP contribution in [0.15, 0.2) is 42.5 Å². The van der Waals surface area contributed by atoms with Crippen molar-refractivity contribution < 1.29 is 18.4 Å². The minimum absolute atomic E-state index is 0.0889. The van der Waals surface area contributed by atoms with Crippen LogP contribution in [0.1, 0.15) is 22.5 Å². The molecule has 0 saturated carbocycles. The number of aromatic amines is 1. The molecule has 1 heterocycles. The Morgan fingerprint density at radius 1 is 1.00 bits per heavy atom. The van der Waals surface area contributed by atoms with Crippen LogP contribution >= 0.6 is 0 Å². The Labute approximate surface area is 154 Å². The van der Waals surface area contributed by atoms with E-state index in [9.17, 15) is 18.4 Å². The Hall–Kier alpha value is -3.29. The van der Waals surface area contributed by atoms with E-state index in [0.717, 1.165) is 11.6 Å². The zero-order chi connectivity index (χ0) is 19.2. The number of halogens is 2. The van der Waals surface area contributed by atoms with Crippen molar-refractivity contribution in [3.63, 3.8) is 0 Å². The van der Waals surface area contributed by atoms with Gasteiger partial charge in [-0.25, -0.2) is 8.78 Å². The van der Waals surface area contributed by atoms with Crippen LogP contribution in [0.3, 0.4) is 0 Å². The predicted octanol–water partition coefficient (Wildman–Crippen LogP) is 2.32. The molecule has 2 amide bonds. The van der Waals surface area contributed by atoms with Crippen LogP contribution in [0, 0.1) is 11.6 Å². The topological polar surface area (TPSA) is 86.9 Å². The van der Waals surface area contributed by atoms with Crippen molar-refractivity contribution in [3.8, 4) is 0 Å². The third kappa shape index (κ3) is 4.87. The minimum Gasteiger partial charge on any atom is -0.356 e. The minimum atomic E-state index is -0.648. The second-order valence-corrected chi connectivity index (χ2v) is 6.00. The smallest absolute Gasteiger partial charge is 0.272 e. The molecule has 8 heteroatoms. The molecule has 3 rings (SSSR count). The number of amides is 2. The number of fused-ring (bicyclic) bond motifs is 1. The predicted molar refractivity (Wildman–Crippen MR) is 96.1 cm³/mol. The maximum absolute atomic E-state index is 13.1. The van der Waals surface area contributed by atoms with Gasteiger partial charge in [-0.05, 0) is 30.2 Å². The molecule has 0 saturated heterocycles. The van der Waals surface area contributed by atoms with Gasteiger partial charge in [0.25, 0.3) is 5.91 Å². The van der Waals surface area contributed by atoms with E-state index in [4.69, 9.17) is 0 Å². The second kappa shape index (κ2) is 8.39. The van der Waals surface area contributed by atoms with E-state index in [-0.39, 0.29) is 37.0 Å². The van der Waals surface area contributed by atoms with Crippen LogP contribution in [0.25, 0.3) is 10.9 Å². The lowest BCUT2D eigenvalue weighted by molar-refractivity contribution is -0.120. The fourth-order valence-corrected chi connectivity index (χ4v) is 2.70. The summed E-state index contributed by atoms with van der Waals surface area (Å²) in [6, 6.07) is 10.5. The van der Waals surface area contributed by atoms with Crippen molar-refractivity contribution in [2.75, 3.05) is 13.1 Å². The molecule has 0 spiro atoms. The van der Waals surface area contributed by atoms with Crippen molar-refractivity contribution in [3.05, 3.63) is 65.4 Å². The van der Waals surface area contributed by atoms with E-state index in [1.54, 1.807) is 6.07 Å². The van der Waals surface area contributed by atoms with E-state index < -0.39 is 11.6 Å². The lowest BCUT2D eigenvalue weighted by Gasteiger charge is -2.07. The maximum Gasteiger partial charge on any atom is 0.272 e. The first kappa shape index (κ1) is 18.5. The number of hydrogen-bond donors (Lipinski definition) is 3. The lowest BCUT2D eigenvalue weighted by Crippen LogP contribution is -2.31. The summed E-state index contributed by atoms with van der Waals surface area (Å²) in [6.45, 7) is 0.403. The summed E-state index contributed by atoms with van der Waals surface area (Å²) >= 11 is 0. The summed E-state index contributed by atoms with van der Waals surface area (Å²) in [5.41, 5.74) is 1.50. The maximum atomic E-state index is 13.1. The number of carbonyl (C=O) groups excluding carboxylic acids is 2. The van der Waals surface area contributed by atoms with Crippen molar-refractivity contribution in [2.45, 2.75) is 12.8 Å². The van der Waals surface area contributed by atoms with Gasteiger partial charge in [0.15, 0.2) is 5.69 Å². The van der Waals surface area contributed by atoms with Gasteiger partial charge in [0, 0.05) is 31.0 Å². The molecule has 0 bridgehead atoms. The van der Waals surface area contributed by atoms with E-state index >= 15 is 0 Å². The largest absolute Gasteiger partial charge is 0.356 e. The number of nitrogens with one attached hydrogen (secondary N) is 3. The molecule has 0 aliphatic heterocycles. The molecule has 2 aromatic carbocycles. The van der Waals surface area contributed by atoms with Crippen LogP contribution in [0.5, 0.6) is 0 Å². The van der Waals surface area contributed by atoms with Crippen LogP contribution < -0.4 is 10.6 Å². The highest BCUT2D eigenvalue weighted by Gasteiger charge is 2.13. The van der Waals surface area contributed by atoms with Gasteiger partial charge in [-0.1, -0.05) is 18.2 Å². The Kier molecular flexibility index (Phi) is 5.75. The zero-order valence-corrected chi connectivity index (χ0v) is 14.4. The molecular weight excluding hydrogens is 354 g/mol. The summed E-state index contributed by atoms with van der Waals surface area (Å²) in [5.74, 6) is -1.93. The SMILES string of the molecule is O=C(CCNC(=O)c1n[nH]c2ccccc12)NCCc1cc(F)cc(F)c1. The Bertz CT molecular complexity index is 951. The third-order valence-electron chi connectivity index (χ3n) is 3.98. The number of nitrogens with zero attached hydrogens (tertiary/aromatic N) is 1. The molecule has 3 aromatic rings. The molecule has 27 heavy (non-hydrogen) atoms. The molecule has 140 valence electrons. The van der Waals surface area contributed by atoms with Gasteiger partial charge in [-0.15, -0.1) is 0 Å². The monoisotopic (exact) mass is 372 g/mol. The van der Waals surface area contributed by atoms with E-state index in [2.05, 4.69) is 20.8 Å².